The highest BCUT2D eigenvalue weighted by Gasteiger charge is 2.37. The van der Waals surface area contributed by atoms with Crippen LogP contribution in [0.15, 0.2) is 4.99 Å². The topological polar surface area (TPSA) is 66.4 Å². The van der Waals surface area contributed by atoms with Gasteiger partial charge in [0.1, 0.15) is 0 Å². The van der Waals surface area contributed by atoms with E-state index in [0.717, 1.165) is 38.7 Å². The first-order chi connectivity index (χ1) is 10.5. The second kappa shape index (κ2) is 9.63. The molecule has 2 heterocycles. The summed E-state index contributed by atoms with van der Waals surface area (Å²) in [5.41, 5.74) is 0. The largest absolute Gasteiger partial charge is 0.469 e. The molecule has 2 rings (SSSR count). The molecule has 0 amide bonds. The van der Waals surface area contributed by atoms with E-state index in [1.54, 1.807) is 7.05 Å². The van der Waals surface area contributed by atoms with Gasteiger partial charge in [-0.15, -0.1) is 24.0 Å². The summed E-state index contributed by atoms with van der Waals surface area (Å²) in [4.78, 5) is 20.5. The number of likely N-dealkylation sites (N-methyl/N-ethyl adjacent to an activating group) is 1. The molecule has 2 aliphatic heterocycles. The molecule has 7 nitrogen and oxygen atoms in total. The van der Waals surface area contributed by atoms with Gasteiger partial charge in [-0.3, -0.25) is 9.79 Å². The SMILES string of the molecule is CN=C(NCC1CN(C)CCO1)N1CC(C)C(C(=O)OC)C1.I. The normalized spacial score (nSPS) is 29.1. The van der Waals surface area contributed by atoms with Crippen molar-refractivity contribution >= 4 is 35.9 Å². The minimum atomic E-state index is -0.136. The van der Waals surface area contributed by atoms with Crippen LogP contribution in [0.1, 0.15) is 6.92 Å². The lowest BCUT2D eigenvalue weighted by Gasteiger charge is -2.31. The zero-order valence-corrected chi connectivity index (χ0v) is 16.8. The molecule has 23 heavy (non-hydrogen) atoms. The Labute approximate surface area is 155 Å². The standard InChI is InChI=1S/C15H28N4O3.HI/c1-11-8-19(10-13(11)14(20)21-4)15(16-2)17-7-12-9-18(3)5-6-22-12;/h11-13H,5-10H2,1-4H3,(H,16,17);1H. The van der Waals surface area contributed by atoms with Gasteiger partial charge in [0.15, 0.2) is 5.96 Å². The number of methoxy groups -OCH3 is 1. The Hall–Kier alpha value is -0.610. The molecule has 0 aromatic rings. The molecule has 2 saturated heterocycles. The van der Waals surface area contributed by atoms with Crippen molar-refractivity contribution in [1.82, 2.24) is 15.1 Å². The van der Waals surface area contributed by atoms with Crippen molar-refractivity contribution in [2.45, 2.75) is 13.0 Å². The average molecular weight is 440 g/mol. The predicted octanol–water partition coefficient (Wildman–Crippen LogP) is 0.251. The van der Waals surface area contributed by atoms with E-state index in [9.17, 15) is 4.79 Å². The summed E-state index contributed by atoms with van der Waals surface area (Å²) in [5, 5.41) is 3.37. The summed E-state index contributed by atoms with van der Waals surface area (Å²) in [5.74, 6) is 0.876. The molecular formula is C15H29IN4O3. The summed E-state index contributed by atoms with van der Waals surface area (Å²) in [7, 11) is 5.32. The molecular weight excluding hydrogens is 411 g/mol. The van der Waals surface area contributed by atoms with Crippen molar-refractivity contribution in [3.63, 3.8) is 0 Å². The molecule has 3 unspecified atom stereocenters. The van der Waals surface area contributed by atoms with Gasteiger partial charge < -0.3 is 24.6 Å². The number of likely N-dealkylation sites (tertiary alicyclic amines) is 1. The maximum atomic E-state index is 11.8. The van der Waals surface area contributed by atoms with Crippen molar-refractivity contribution in [3.05, 3.63) is 0 Å². The number of hydrogen-bond acceptors (Lipinski definition) is 5. The highest BCUT2D eigenvalue weighted by molar-refractivity contribution is 14.0. The van der Waals surface area contributed by atoms with E-state index in [0.29, 0.717) is 6.54 Å². The molecule has 0 aromatic heterocycles. The van der Waals surface area contributed by atoms with E-state index in [-0.39, 0.29) is 47.9 Å². The fourth-order valence-corrected chi connectivity index (χ4v) is 3.13. The molecule has 0 aliphatic carbocycles. The van der Waals surface area contributed by atoms with E-state index in [4.69, 9.17) is 9.47 Å². The summed E-state index contributed by atoms with van der Waals surface area (Å²) in [6, 6.07) is 0. The van der Waals surface area contributed by atoms with Crippen molar-refractivity contribution < 1.29 is 14.3 Å². The maximum absolute atomic E-state index is 11.8. The summed E-state index contributed by atoms with van der Waals surface area (Å²) < 4.78 is 10.6. The number of rotatable bonds is 3. The summed E-state index contributed by atoms with van der Waals surface area (Å²) in [6.45, 7) is 6.94. The number of halogens is 1. The smallest absolute Gasteiger partial charge is 0.310 e. The van der Waals surface area contributed by atoms with Gasteiger partial charge in [-0.05, 0) is 13.0 Å². The van der Waals surface area contributed by atoms with Crippen LogP contribution in [0.2, 0.25) is 0 Å². The number of aliphatic imine (C=N–C) groups is 1. The van der Waals surface area contributed by atoms with Crippen molar-refractivity contribution in [2.24, 2.45) is 16.8 Å². The second-order valence-corrected chi connectivity index (χ2v) is 6.20. The summed E-state index contributed by atoms with van der Waals surface area (Å²) in [6.07, 6.45) is 0.173. The van der Waals surface area contributed by atoms with Crippen LogP contribution in [0, 0.1) is 11.8 Å². The second-order valence-electron chi connectivity index (χ2n) is 6.20. The zero-order chi connectivity index (χ0) is 16.1. The first-order valence-corrected chi connectivity index (χ1v) is 7.88. The van der Waals surface area contributed by atoms with Gasteiger partial charge in [0.2, 0.25) is 0 Å². The van der Waals surface area contributed by atoms with E-state index in [1.807, 2.05) is 0 Å². The van der Waals surface area contributed by atoms with Gasteiger partial charge in [0.25, 0.3) is 0 Å². The van der Waals surface area contributed by atoms with Gasteiger partial charge in [-0.2, -0.15) is 0 Å². The molecule has 3 atom stereocenters. The highest BCUT2D eigenvalue weighted by atomic mass is 127. The lowest BCUT2D eigenvalue weighted by atomic mass is 9.99. The van der Waals surface area contributed by atoms with E-state index >= 15 is 0 Å². The van der Waals surface area contributed by atoms with Crippen LogP contribution in [0.5, 0.6) is 0 Å². The van der Waals surface area contributed by atoms with Gasteiger partial charge >= 0.3 is 5.97 Å². The van der Waals surface area contributed by atoms with Crippen molar-refractivity contribution in [1.29, 1.82) is 0 Å². The molecule has 2 fully saturated rings. The highest BCUT2D eigenvalue weighted by Crippen LogP contribution is 2.24. The number of morpholine rings is 1. The Balaban J connectivity index is 0.00000264. The van der Waals surface area contributed by atoms with Crippen LogP contribution >= 0.6 is 24.0 Å². The predicted molar refractivity (Wildman–Crippen MR) is 100 cm³/mol. The molecule has 0 bridgehead atoms. The molecule has 0 aromatic carbocycles. The molecule has 8 heteroatoms. The van der Waals surface area contributed by atoms with Crippen LogP contribution in [-0.2, 0) is 14.3 Å². The Morgan fingerprint density at radius 2 is 2.13 bits per heavy atom. The first kappa shape index (κ1) is 20.4. The number of nitrogens with zero attached hydrogens (tertiary/aromatic N) is 3. The van der Waals surface area contributed by atoms with E-state index < -0.39 is 0 Å². The number of carbonyl (C=O) groups excluding carboxylic acids is 1. The third kappa shape index (κ3) is 5.46. The lowest BCUT2D eigenvalue weighted by molar-refractivity contribution is -0.145. The van der Waals surface area contributed by atoms with Crippen LogP contribution in [0.3, 0.4) is 0 Å². The number of nitrogens with one attached hydrogen (secondary N) is 1. The first-order valence-electron chi connectivity index (χ1n) is 7.88. The van der Waals surface area contributed by atoms with Gasteiger partial charge in [0.05, 0.1) is 25.7 Å². The number of esters is 1. The zero-order valence-electron chi connectivity index (χ0n) is 14.4. The van der Waals surface area contributed by atoms with Crippen LogP contribution in [-0.4, -0.2) is 88.4 Å². The Bertz CT molecular complexity index is 422. The fraction of sp³-hybridized carbons (Fsp3) is 0.867. The Morgan fingerprint density at radius 3 is 2.74 bits per heavy atom. The quantitative estimate of drug-likeness (QED) is 0.294. The average Bonchev–Trinajstić information content (AvgIpc) is 2.89. The molecule has 0 radical (unpaired) electrons. The van der Waals surface area contributed by atoms with E-state index in [2.05, 4.69) is 34.1 Å². The Morgan fingerprint density at radius 1 is 1.39 bits per heavy atom. The van der Waals surface area contributed by atoms with Crippen LogP contribution in [0.4, 0.5) is 0 Å². The van der Waals surface area contributed by atoms with Crippen LogP contribution < -0.4 is 5.32 Å². The van der Waals surface area contributed by atoms with Gasteiger partial charge in [-0.1, -0.05) is 6.92 Å². The van der Waals surface area contributed by atoms with E-state index in [1.165, 1.54) is 7.11 Å². The molecule has 0 spiro atoms. The maximum Gasteiger partial charge on any atom is 0.310 e. The number of guanidine groups is 1. The molecule has 2 aliphatic rings. The number of hydrogen-bond donors (Lipinski definition) is 1. The monoisotopic (exact) mass is 440 g/mol. The lowest BCUT2D eigenvalue weighted by Crippen LogP contribution is -2.49. The number of carbonyl (C=O) groups is 1. The fourth-order valence-electron chi connectivity index (χ4n) is 3.13. The number of ether oxygens (including phenoxy) is 2. The third-order valence-corrected chi connectivity index (χ3v) is 4.46. The molecule has 0 saturated carbocycles. The van der Waals surface area contributed by atoms with Gasteiger partial charge in [0, 0.05) is 39.8 Å². The Kier molecular flexibility index (Phi) is 8.56. The van der Waals surface area contributed by atoms with Crippen molar-refractivity contribution in [3.8, 4) is 0 Å². The third-order valence-electron chi connectivity index (χ3n) is 4.46. The minimum absolute atomic E-state index is 0. The van der Waals surface area contributed by atoms with Crippen molar-refractivity contribution in [2.75, 3.05) is 60.5 Å². The molecule has 134 valence electrons. The van der Waals surface area contributed by atoms with Crippen LogP contribution in [0.25, 0.3) is 0 Å². The summed E-state index contributed by atoms with van der Waals surface area (Å²) >= 11 is 0. The molecule has 1 N–H and O–H groups in total. The minimum Gasteiger partial charge on any atom is -0.469 e. The van der Waals surface area contributed by atoms with Gasteiger partial charge in [-0.25, -0.2) is 0 Å².